The average Bonchev–Trinajstić information content (AvgIpc) is 2.48. The Hall–Kier alpha value is -1.39. The van der Waals surface area contributed by atoms with Gasteiger partial charge in [0.25, 0.3) is 0 Å². The van der Waals surface area contributed by atoms with E-state index in [1.165, 1.54) is 0 Å². The Bertz CT molecular complexity index is 659. The lowest BCUT2D eigenvalue weighted by Gasteiger charge is -2.37. The molecule has 2 heterocycles. The zero-order valence-electron chi connectivity index (χ0n) is 12.3. The highest BCUT2D eigenvalue weighted by atomic mass is 35.5. The monoisotopic (exact) mass is 307 g/mol. The van der Waals surface area contributed by atoms with Gasteiger partial charge in [-0.05, 0) is 45.1 Å². The molecule has 0 aliphatic carbocycles. The van der Waals surface area contributed by atoms with Crippen molar-refractivity contribution in [1.82, 2.24) is 9.88 Å². The number of halogens is 2. The third-order valence-electron chi connectivity index (χ3n) is 4.25. The molecule has 1 atom stereocenters. The summed E-state index contributed by atoms with van der Waals surface area (Å²) in [4.78, 5) is 8.48. The maximum absolute atomic E-state index is 14.8. The highest BCUT2D eigenvalue weighted by Crippen LogP contribution is 2.31. The van der Waals surface area contributed by atoms with Crippen molar-refractivity contribution < 1.29 is 4.39 Å². The van der Waals surface area contributed by atoms with Crippen LogP contribution in [0.4, 0.5) is 10.1 Å². The minimum atomic E-state index is -0.269. The van der Waals surface area contributed by atoms with Gasteiger partial charge in [0.1, 0.15) is 5.52 Å². The lowest BCUT2D eigenvalue weighted by Crippen LogP contribution is -2.45. The van der Waals surface area contributed by atoms with Crippen molar-refractivity contribution >= 4 is 28.2 Å². The van der Waals surface area contributed by atoms with Crippen molar-refractivity contribution in [2.24, 2.45) is 0 Å². The normalized spacial score (nSPS) is 19.5. The quantitative estimate of drug-likeness (QED) is 0.846. The van der Waals surface area contributed by atoms with Crippen molar-refractivity contribution in [3.63, 3.8) is 0 Å². The van der Waals surface area contributed by atoms with Crippen LogP contribution in [0.1, 0.15) is 12.8 Å². The first-order chi connectivity index (χ1) is 10.1. The van der Waals surface area contributed by atoms with Crippen molar-refractivity contribution in [1.29, 1.82) is 0 Å². The zero-order chi connectivity index (χ0) is 15.0. The molecule has 3 nitrogen and oxygen atoms in total. The highest BCUT2D eigenvalue weighted by molar-refractivity contribution is 6.35. The molecule has 1 aromatic heterocycles. The van der Waals surface area contributed by atoms with E-state index in [0.717, 1.165) is 25.9 Å². The van der Waals surface area contributed by atoms with Crippen LogP contribution in [0, 0.1) is 5.82 Å². The minimum absolute atomic E-state index is 0.269. The molecular formula is C16H19ClFN3. The Kier molecular flexibility index (Phi) is 4.00. The number of anilines is 1. The first-order valence-electron chi connectivity index (χ1n) is 7.22. The average molecular weight is 308 g/mol. The van der Waals surface area contributed by atoms with Gasteiger partial charge < -0.3 is 9.80 Å². The number of benzene rings is 1. The number of hydrogen-bond acceptors (Lipinski definition) is 3. The summed E-state index contributed by atoms with van der Waals surface area (Å²) in [5.74, 6) is -0.269. The van der Waals surface area contributed by atoms with Crippen LogP contribution in [0.15, 0.2) is 24.4 Å². The molecule has 0 radical (unpaired) electrons. The largest absolute Gasteiger partial charge is 0.368 e. The van der Waals surface area contributed by atoms with Crippen LogP contribution in [0.5, 0.6) is 0 Å². The summed E-state index contributed by atoms with van der Waals surface area (Å²) in [6.07, 6.45) is 3.78. The fourth-order valence-electron chi connectivity index (χ4n) is 2.98. The zero-order valence-corrected chi connectivity index (χ0v) is 13.1. The summed E-state index contributed by atoms with van der Waals surface area (Å²) >= 11 is 6.10. The van der Waals surface area contributed by atoms with E-state index in [1.807, 2.05) is 12.1 Å². The predicted octanol–water partition coefficient (Wildman–Crippen LogP) is 3.56. The number of piperidine rings is 1. The fourth-order valence-corrected chi connectivity index (χ4v) is 3.19. The molecule has 1 saturated heterocycles. The van der Waals surface area contributed by atoms with Crippen LogP contribution in [0.3, 0.4) is 0 Å². The van der Waals surface area contributed by atoms with Gasteiger partial charge in [0.05, 0.1) is 10.7 Å². The van der Waals surface area contributed by atoms with Gasteiger partial charge in [-0.3, -0.25) is 4.98 Å². The van der Waals surface area contributed by atoms with Crippen LogP contribution in [-0.4, -0.2) is 43.1 Å². The van der Waals surface area contributed by atoms with Crippen LogP contribution in [0.2, 0.25) is 5.02 Å². The third-order valence-corrected chi connectivity index (χ3v) is 4.57. The van der Waals surface area contributed by atoms with Crippen molar-refractivity contribution in [2.45, 2.75) is 18.9 Å². The Labute approximate surface area is 129 Å². The minimum Gasteiger partial charge on any atom is -0.368 e. The van der Waals surface area contributed by atoms with Gasteiger partial charge in [-0.15, -0.1) is 0 Å². The van der Waals surface area contributed by atoms with E-state index in [0.29, 0.717) is 27.7 Å². The summed E-state index contributed by atoms with van der Waals surface area (Å²) in [5.41, 5.74) is 0.982. The first kappa shape index (κ1) is 14.5. The molecule has 1 fully saturated rings. The molecule has 5 heteroatoms. The summed E-state index contributed by atoms with van der Waals surface area (Å²) in [5, 5.41) is 1.21. The number of nitrogens with zero attached hydrogens (tertiary/aromatic N) is 3. The SMILES string of the molecule is CN(C)C1CCCN(c2ccc3c(Cl)ccnc3c2F)C1. The van der Waals surface area contributed by atoms with Crippen molar-refractivity contribution in [3.8, 4) is 0 Å². The van der Waals surface area contributed by atoms with E-state index in [9.17, 15) is 4.39 Å². The van der Waals surface area contributed by atoms with E-state index < -0.39 is 0 Å². The number of aromatic nitrogens is 1. The van der Waals surface area contributed by atoms with Gasteiger partial charge >= 0.3 is 0 Å². The lowest BCUT2D eigenvalue weighted by molar-refractivity contribution is 0.257. The topological polar surface area (TPSA) is 19.4 Å². The van der Waals surface area contributed by atoms with E-state index in [4.69, 9.17) is 11.6 Å². The molecule has 1 unspecified atom stereocenters. The van der Waals surface area contributed by atoms with Crippen LogP contribution >= 0.6 is 11.6 Å². The second-order valence-electron chi connectivity index (χ2n) is 5.79. The molecule has 1 aliphatic heterocycles. The molecule has 0 saturated carbocycles. The highest BCUT2D eigenvalue weighted by Gasteiger charge is 2.24. The Morgan fingerprint density at radius 1 is 1.33 bits per heavy atom. The molecule has 1 aromatic carbocycles. The summed E-state index contributed by atoms with van der Waals surface area (Å²) in [6, 6.07) is 5.83. The molecule has 21 heavy (non-hydrogen) atoms. The van der Waals surface area contributed by atoms with E-state index in [1.54, 1.807) is 12.3 Å². The Morgan fingerprint density at radius 3 is 2.90 bits per heavy atom. The second kappa shape index (κ2) is 5.78. The predicted molar refractivity (Wildman–Crippen MR) is 85.6 cm³/mol. The molecule has 0 spiro atoms. The first-order valence-corrected chi connectivity index (χ1v) is 7.60. The molecular weight excluding hydrogens is 289 g/mol. The number of hydrogen-bond donors (Lipinski definition) is 0. The number of rotatable bonds is 2. The standard InChI is InChI=1S/C16H19ClFN3/c1-20(2)11-4-3-9-21(10-11)14-6-5-12-13(17)7-8-19-16(12)15(14)18/h5-8,11H,3-4,9-10H2,1-2H3. The molecule has 0 amide bonds. The summed E-state index contributed by atoms with van der Waals surface area (Å²) in [7, 11) is 4.15. The van der Waals surface area contributed by atoms with Crippen molar-refractivity contribution in [3.05, 3.63) is 35.2 Å². The van der Waals surface area contributed by atoms with Gasteiger partial charge in [-0.25, -0.2) is 4.39 Å². The Morgan fingerprint density at radius 2 is 2.14 bits per heavy atom. The van der Waals surface area contributed by atoms with E-state index in [-0.39, 0.29) is 5.82 Å². The molecule has 2 aromatic rings. The van der Waals surface area contributed by atoms with Crippen molar-refractivity contribution in [2.75, 3.05) is 32.1 Å². The van der Waals surface area contributed by atoms with Crippen LogP contribution in [-0.2, 0) is 0 Å². The summed E-state index contributed by atoms with van der Waals surface area (Å²) in [6.45, 7) is 1.73. The Balaban J connectivity index is 1.99. The smallest absolute Gasteiger partial charge is 0.172 e. The molecule has 0 N–H and O–H groups in total. The fraction of sp³-hybridized carbons (Fsp3) is 0.438. The maximum Gasteiger partial charge on any atom is 0.172 e. The molecule has 3 rings (SSSR count). The van der Waals surface area contributed by atoms with Crippen LogP contribution in [0.25, 0.3) is 10.9 Å². The lowest BCUT2D eigenvalue weighted by atomic mass is 10.0. The maximum atomic E-state index is 14.8. The van der Waals surface area contributed by atoms with E-state index in [2.05, 4.69) is 28.9 Å². The molecule has 112 valence electrons. The summed E-state index contributed by atoms with van der Waals surface area (Å²) < 4.78 is 14.8. The molecule has 1 aliphatic rings. The van der Waals surface area contributed by atoms with Gasteiger partial charge in [0.2, 0.25) is 0 Å². The molecule has 0 bridgehead atoms. The second-order valence-corrected chi connectivity index (χ2v) is 6.20. The van der Waals surface area contributed by atoms with Gasteiger partial charge in [-0.1, -0.05) is 11.6 Å². The number of pyridine rings is 1. The van der Waals surface area contributed by atoms with Gasteiger partial charge in [-0.2, -0.15) is 0 Å². The van der Waals surface area contributed by atoms with Gasteiger partial charge in [0, 0.05) is 30.7 Å². The van der Waals surface area contributed by atoms with Crippen LogP contribution < -0.4 is 4.90 Å². The van der Waals surface area contributed by atoms with Gasteiger partial charge in [0.15, 0.2) is 5.82 Å². The number of fused-ring (bicyclic) bond motifs is 1. The third kappa shape index (κ3) is 2.70. The van der Waals surface area contributed by atoms with E-state index >= 15 is 0 Å². The number of likely N-dealkylation sites (N-methyl/N-ethyl adjacent to an activating group) is 1.